The van der Waals surface area contributed by atoms with Gasteiger partial charge in [-0.05, 0) is 59.7 Å². The molecule has 190 valence electrons. The third-order valence-electron chi connectivity index (χ3n) is 7.86. The van der Waals surface area contributed by atoms with E-state index in [0.29, 0.717) is 0 Å². The smallest absolute Gasteiger partial charge is 0.173 e. The highest BCUT2D eigenvalue weighted by atomic mass is 32.2. The summed E-state index contributed by atoms with van der Waals surface area (Å²) in [5.74, 6) is 0. The molecule has 0 amide bonds. The number of rotatable bonds is 3. The largest absolute Gasteiger partial charge is 0.309 e. The second-order valence-corrected chi connectivity index (χ2v) is 13.9. The fourth-order valence-electron chi connectivity index (χ4n) is 6.03. The van der Waals surface area contributed by atoms with Crippen molar-refractivity contribution in [2.45, 2.75) is 9.79 Å². The van der Waals surface area contributed by atoms with E-state index in [2.05, 4.69) is 102 Å². The molecule has 0 spiro atoms. The lowest BCUT2D eigenvalue weighted by Crippen LogP contribution is -2.30. The van der Waals surface area contributed by atoms with Crippen LogP contribution >= 0.6 is 18.9 Å². The Morgan fingerprint density at radius 3 is 1.90 bits per heavy atom. The topological polar surface area (TPSA) is 22.0 Å². The summed E-state index contributed by atoms with van der Waals surface area (Å²) in [7, 11) is -2.99. The molecule has 0 saturated heterocycles. The summed E-state index contributed by atoms with van der Waals surface area (Å²) in [5.41, 5.74) is 5.77. The lowest BCUT2D eigenvalue weighted by atomic mass is 10.0. The van der Waals surface area contributed by atoms with E-state index >= 15 is 0 Å². The first-order valence-electron chi connectivity index (χ1n) is 13.4. The Labute approximate surface area is 237 Å². The molecule has 1 unspecified atom stereocenters. The van der Waals surface area contributed by atoms with Crippen molar-refractivity contribution >= 4 is 56.6 Å². The second-order valence-electron chi connectivity index (χ2n) is 10.1. The van der Waals surface area contributed by atoms with Crippen LogP contribution in [0, 0.1) is 0 Å². The van der Waals surface area contributed by atoms with Crippen LogP contribution in [0.4, 0.5) is 0 Å². The van der Waals surface area contributed by atoms with Crippen LogP contribution in [0.15, 0.2) is 155 Å². The average molecular weight is 550 g/mol. The third kappa shape index (κ3) is 3.48. The van der Waals surface area contributed by atoms with Crippen LogP contribution in [0.25, 0.3) is 38.6 Å². The maximum absolute atomic E-state index is 15.0. The lowest BCUT2D eigenvalue weighted by Gasteiger charge is -2.29. The summed E-state index contributed by atoms with van der Waals surface area (Å²) in [6.07, 6.45) is 0. The number of nitrogens with zero attached hydrogens (tertiary/aromatic N) is 1. The molecule has 2 heterocycles. The molecule has 0 saturated carbocycles. The minimum Gasteiger partial charge on any atom is -0.309 e. The molecule has 7 aromatic rings. The number of fused-ring (bicyclic) bond motifs is 5. The summed E-state index contributed by atoms with van der Waals surface area (Å²) < 4.78 is 17.3. The normalized spacial score (nSPS) is 16.1. The van der Waals surface area contributed by atoms with Crippen molar-refractivity contribution in [1.82, 2.24) is 4.57 Å². The van der Waals surface area contributed by atoms with Crippen molar-refractivity contribution in [2.75, 3.05) is 0 Å². The second kappa shape index (κ2) is 9.13. The van der Waals surface area contributed by atoms with E-state index in [4.69, 9.17) is 0 Å². The molecule has 0 aliphatic carbocycles. The van der Waals surface area contributed by atoms with E-state index in [-0.39, 0.29) is 0 Å². The van der Waals surface area contributed by atoms with Crippen LogP contribution in [0.2, 0.25) is 0 Å². The van der Waals surface area contributed by atoms with E-state index in [1.54, 1.807) is 11.8 Å². The summed E-state index contributed by atoms with van der Waals surface area (Å²) in [6, 6.07) is 50.5. The standard InChI is InChI=1S/C36H24NOPS/c38-39(28-13-2-1-3-14-28)33-19-8-9-20-35(33)40-36-24-26(21-22-34(36)39)25-11-10-12-27(23-25)37-31-17-6-4-15-29(31)30-16-5-7-18-32(30)37/h1-24H. The quantitative estimate of drug-likeness (QED) is 0.206. The predicted octanol–water partition coefficient (Wildman–Crippen LogP) is 8.55. The summed E-state index contributed by atoms with van der Waals surface area (Å²) in [5, 5.41) is 5.24. The summed E-state index contributed by atoms with van der Waals surface area (Å²) >= 11 is 1.72. The Hall–Kier alpha value is -4.30. The molecule has 1 aliphatic rings. The zero-order valence-electron chi connectivity index (χ0n) is 21.6. The van der Waals surface area contributed by atoms with Crippen molar-refractivity contribution in [3.8, 4) is 16.8 Å². The Balaban J connectivity index is 1.29. The number of aromatic nitrogens is 1. The molecule has 40 heavy (non-hydrogen) atoms. The van der Waals surface area contributed by atoms with Crippen LogP contribution in [0.5, 0.6) is 0 Å². The molecule has 8 rings (SSSR count). The van der Waals surface area contributed by atoms with Crippen LogP contribution in [0.3, 0.4) is 0 Å². The highest BCUT2D eigenvalue weighted by molar-refractivity contribution is 8.02. The third-order valence-corrected chi connectivity index (χ3v) is 12.5. The molecule has 1 aromatic heterocycles. The number of hydrogen-bond donors (Lipinski definition) is 0. The zero-order chi connectivity index (χ0) is 26.7. The van der Waals surface area contributed by atoms with Gasteiger partial charge in [0.25, 0.3) is 0 Å². The molecular weight excluding hydrogens is 525 g/mol. The van der Waals surface area contributed by atoms with Gasteiger partial charge in [-0.2, -0.15) is 0 Å². The predicted molar refractivity (Wildman–Crippen MR) is 170 cm³/mol. The van der Waals surface area contributed by atoms with E-state index in [1.807, 2.05) is 48.5 Å². The van der Waals surface area contributed by atoms with Gasteiger partial charge in [-0.1, -0.05) is 109 Å². The Bertz CT molecular complexity index is 2080. The number of benzene rings is 6. The van der Waals surface area contributed by atoms with Crippen molar-refractivity contribution in [3.63, 3.8) is 0 Å². The van der Waals surface area contributed by atoms with E-state index < -0.39 is 7.14 Å². The van der Waals surface area contributed by atoms with Gasteiger partial charge in [-0.15, -0.1) is 0 Å². The first-order valence-corrected chi connectivity index (χ1v) is 15.9. The maximum Gasteiger partial charge on any atom is 0.173 e. The first kappa shape index (κ1) is 23.6. The van der Waals surface area contributed by atoms with E-state index in [9.17, 15) is 4.57 Å². The average Bonchev–Trinajstić information content (AvgIpc) is 3.36. The van der Waals surface area contributed by atoms with Gasteiger partial charge in [0, 0.05) is 42.2 Å². The zero-order valence-corrected chi connectivity index (χ0v) is 23.3. The van der Waals surface area contributed by atoms with Crippen molar-refractivity contribution in [2.24, 2.45) is 0 Å². The molecule has 1 aliphatic heterocycles. The lowest BCUT2D eigenvalue weighted by molar-refractivity contribution is 0.591. The van der Waals surface area contributed by atoms with Gasteiger partial charge in [-0.25, -0.2) is 0 Å². The van der Waals surface area contributed by atoms with Gasteiger partial charge < -0.3 is 9.13 Å². The van der Waals surface area contributed by atoms with Crippen molar-refractivity contribution in [1.29, 1.82) is 0 Å². The molecule has 1 atom stereocenters. The van der Waals surface area contributed by atoms with Gasteiger partial charge >= 0.3 is 0 Å². The van der Waals surface area contributed by atoms with Crippen LogP contribution in [-0.2, 0) is 4.57 Å². The van der Waals surface area contributed by atoms with Crippen LogP contribution < -0.4 is 15.9 Å². The fraction of sp³-hybridized carbons (Fsp3) is 0. The molecular formula is C36H24NOPS. The molecule has 0 bridgehead atoms. The van der Waals surface area contributed by atoms with Gasteiger partial charge in [-0.3, -0.25) is 0 Å². The van der Waals surface area contributed by atoms with Gasteiger partial charge in [0.15, 0.2) is 7.14 Å². The number of hydrogen-bond acceptors (Lipinski definition) is 2. The van der Waals surface area contributed by atoms with E-state index in [0.717, 1.165) is 42.5 Å². The van der Waals surface area contributed by atoms with Gasteiger partial charge in [0.1, 0.15) is 0 Å². The van der Waals surface area contributed by atoms with Crippen LogP contribution in [-0.4, -0.2) is 4.57 Å². The Morgan fingerprint density at radius 2 is 1.12 bits per heavy atom. The Morgan fingerprint density at radius 1 is 0.500 bits per heavy atom. The highest BCUT2D eigenvalue weighted by Gasteiger charge is 2.37. The molecule has 0 radical (unpaired) electrons. The minimum absolute atomic E-state index is 0.880. The molecule has 2 nitrogen and oxygen atoms in total. The van der Waals surface area contributed by atoms with Crippen molar-refractivity contribution < 1.29 is 4.57 Å². The first-order chi connectivity index (χ1) is 19.7. The van der Waals surface area contributed by atoms with Crippen molar-refractivity contribution in [3.05, 3.63) is 146 Å². The van der Waals surface area contributed by atoms with E-state index in [1.165, 1.54) is 21.8 Å². The molecule has 4 heteroatoms. The Kier molecular flexibility index (Phi) is 5.38. The summed E-state index contributed by atoms with van der Waals surface area (Å²) in [4.78, 5) is 2.13. The molecule has 0 fully saturated rings. The van der Waals surface area contributed by atoms with Gasteiger partial charge in [0.05, 0.1) is 11.0 Å². The monoisotopic (exact) mass is 549 g/mol. The molecule has 0 N–H and O–H groups in total. The van der Waals surface area contributed by atoms with Gasteiger partial charge in [0.2, 0.25) is 0 Å². The number of para-hydroxylation sites is 2. The fourth-order valence-corrected chi connectivity index (χ4v) is 10.7. The SMILES string of the molecule is O=P1(c2ccccc2)c2ccccc2Sc2cc(-c3cccc(-n4c5ccccc5c5ccccc54)c3)ccc21. The molecule has 6 aromatic carbocycles. The summed E-state index contributed by atoms with van der Waals surface area (Å²) in [6.45, 7) is 0. The van der Waals surface area contributed by atoms with Crippen LogP contribution in [0.1, 0.15) is 0 Å². The minimum atomic E-state index is -2.99. The highest BCUT2D eigenvalue weighted by Crippen LogP contribution is 2.52. The maximum atomic E-state index is 15.0.